The zero-order valence-electron chi connectivity index (χ0n) is 43.4. The number of anilines is 1. The van der Waals surface area contributed by atoms with Gasteiger partial charge in [0.1, 0.15) is 24.0 Å². The molecule has 1 aliphatic carbocycles. The second kappa shape index (κ2) is 24.0. The van der Waals surface area contributed by atoms with Gasteiger partial charge in [-0.05, 0) is 126 Å². The number of aromatic nitrogens is 1. The number of carbonyl (C=O) groups excluding carboxylic acids is 4. The molecule has 14 unspecified atom stereocenters. The molecule has 384 valence electrons. The normalized spacial score (nSPS) is 36.0. The molecule has 14 nitrogen and oxygen atoms in total. The van der Waals surface area contributed by atoms with E-state index < -0.39 is 77.8 Å². The largest absolute Gasteiger partial charge is 0.456 e. The number of nitrogens with zero attached hydrogens (tertiary/aromatic N) is 3. The van der Waals surface area contributed by atoms with Gasteiger partial charge in [0.25, 0.3) is 11.7 Å². The Kier molecular flexibility index (Phi) is 18.9. The lowest BCUT2D eigenvalue weighted by molar-refractivity contribution is -0.302. The quantitative estimate of drug-likeness (QED) is 0.134. The third-order valence-corrected chi connectivity index (χ3v) is 16.0. The smallest absolute Gasteiger partial charge is 0.329 e. The molecule has 2 bridgehead atoms. The number of Topliss-reactive ketones (excluding diaryl/α,β-unsaturated/α-hetero) is 2. The van der Waals surface area contributed by atoms with Crippen LogP contribution in [0.4, 0.5) is 5.69 Å². The number of benzene rings is 1. The number of likely N-dealkylation sites (N-methyl/N-ethyl adjacent to an activating group) is 1. The van der Waals surface area contributed by atoms with E-state index in [4.69, 9.17) is 23.7 Å². The van der Waals surface area contributed by atoms with Gasteiger partial charge in [0.05, 0.1) is 30.5 Å². The highest BCUT2D eigenvalue weighted by Gasteiger charge is 2.56. The van der Waals surface area contributed by atoms with E-state index in [1.165, 1.54) is 15.8 Å². The highest BCUT2D eigenvalue weighted by Crippen LogP contribution is 2.40. The number of amides is 1. The molecule has 69 heavy (non-hydrogen) atoms. The minimum Gasteiger partial charge on any atom is -0.456 e. The molecule has 0 spiro atoms. The number of cyclic esters (lactones) is 1. The van der Waals surface area contributed by atoms with E-state index in [9.17, 15) is 29.4 Å². The van der Waals surface area contributed by atoms with Crippen LogP contribution in [0.15, 0.2) is 53.8 Å². The SMILES string of the molecule is CCCn1ccc2cc(N(C)C3CCC(C=C(C)C4OC(=O)C5CCCCN5C(=O)C(=O)C5(O)OC(C(OC)CC(C)C/C(C)=C/C(CC)C(=O)CC(O)C4C)C(OC)CC5C)CC3OC)ccc21. The van der Waals surface area contributed by atoms with Crippen molar-refractivity contribution in [3.8, 4) is 0 Å². The van der Waals surface area contributed by atoms with Gasteiger partial charge in [-0.25, -0.2) is 4.79 Å². The fourth-order valence-electron chi connectivity index (χ4n) is 11.9. The summed E-state index contributed by atoms with van der Waals surface area (Å²) >= 11 is 0. The first-order chi connectivity index (χ1) is 32.9. The van der Waals surface area contributed by atoms with Crippen molar-refractivity contribution in [2.45, 2.75) is 187 Å². The second-order valence-corrected chi connectivity index (χ2v) is 21.0. The van der Waals surface area contributed by atoms with Crippen molar-refractivity contribution in [3.05, 3.63) is 53.8 Å². The Hall–Kier alpha value is -3.92. The van der Waals surface area contributed by atoms with Crippen molar-refractivity contribution in [2.24, 2.45) is 29.6 Å². The third kappa shape index (κ3) is 12.2. The third-order valence-electron chi connectivity index (χ3n) is 16.0. The number of aryl methyl sites for hydroxylation is 1. The summed E-state index contributed by atoms with van der Waals surface area (Å²) in [6.45, 7) is 14.6. The van der Waals surface area contributed by atoms with Gasteiger partial charge < -0.3 is 48.3 Å². The average molecular weight is 962 g/mol. The fraction of sp³-hybridized carbons (Fsp3) is 0.709. The van der Waals surface area contributed by atoms with Crippen LogP contribution in [0.3, 0.4) is 0 Å². The maximum absolute atomic E-state index is 14.6. The summed E-state index contributed by atoms with van der Waals surface area (Å²) in [4.78, 5) is 61.1. The topological polar surface area (TPSA) is 166 Å². The molecule has 3 aliphatic heterocycles. The minimum absolute atomic E-state index is 0.0338. The predicted molar refractivity (Wildman–Crippen MR) is 266 cm³/mol. The number of methoxy groups -OCH3 is 3. The number of hydrogen-bond donors (Lipinski definition) is 2. The number of aliphatic hydroxyl groups is 2. The molecule has 14 heteroatoms. The Morgan fingerprint density at radius 2 is 1.64 bits per heavy atom. The van der Waals surface area contributed by atoms with Gasteiger partial charge in [0.15, 0.2) is 0 Å². The molecule has 4 aliphatic rings. The van der Waals surface area contributed by atoms with E-state index >= 15 is 0 Å². The molecule has 2 aromatic rings. The van der Waals surface area contributed by atoms with Crippen molar-refractivity contribution < 1.29 is 53.1 Å². The zero-order chi connectivity index (χ0) is 50.3. The molecule has 1 aromatic heterocycles. The van der Waals surface area contributed by atoms with Crippen molar-refractivity contribution in [1.29, 1.82) is 0 Å². The molecule has 6 rings (SSSR count). The van der Waals surface area contributed by atoms with E-state index in [1.54, 1.807) is 35.2 Å². The Morgan fingerprint density at radius 3 is 2.32 bits per heavy atom. The van der Waals surface area contributed by atoms with Crippen LogP contribution in [0, 0.1) is 29.6 Å². The van der Waals surface area contributed by atoms with Gasteiger partial charge in [0, 0.05) is 88.4 Å². The highest BCUT2D eigenvalue weighted by atomic mass is 16.7. The van der Waals surface area contributed by atoms with E-state index in [2.05, 4.69) is 66.9 Å². The minimum atomic E-state index is -2.50. The predicted octanol–water partition coefficient (Wildman–Crippen LogP) is 7.98. The molecule has 1 amide bonds. The van der Waals surface area contributed by atoms with Crippen LogP contribution in [-0.2, 0) is 49.4 Å². The molecule has 2 N–H and O–H groups in total. The van der Waals surface area contributed by atoms with Gasteiger partial charge >= 0.3 is 5.97 Å². The van der Waals surface area contributed by atoms with E-state index in [1.807, 2.05) is 26.8 Å². The Labute approximate surface area is 411 Å². The average Bonchev–Trinajstić information content (AvgIpc) is 3.75. The first-order valence-electron chi connectivity index (χ1n) is 25.8. The molecular weight excluding hydrogens is 879 g/mol. The molecular formula is C55H83N3O11. The van der Waals surface area contributed by atoms with E-state index in [-0.39, 0.29) is 55.6 Å². The van der Waals surface area contributed by atoms with Crippen molar-refractivity contribution >= 4 is 40.0 Å². The standard InChI is InChI=1S/C55H83N3O11/c1-12-22-57-24-21-40-31-41(18-20-42(40)57)56(8)43-19-17-38(30-47(43)65-9)28-35(5)50-37(7)45(59)32-46(60)39(13-2)26-33(3)25-34(4)27-48(66-10)51-49(67-11)29-36(6)55(64,69-51)52(61)53(62)58-23-15-14-16-44(58)54(63)68-50/h18,20-21,24,26,28,31,34,36-39,43-45,47-51,59,64H,12-17,19,22-23,25,27,29-30,32H2,1-11H3/b33-26+,35-28?. The van der Waals surface area contributed by atoms with Crippen LogP contribution in [0.5, 0.6) is 0 Å². The molecule has 0 radical (unpaired) electrons. The number of aliphatic hydroxyl groups excluding tert-OH is 1. The van der Waals surface area contributed by atoms with Crippen LogP contribution in [0.1, 0.15) is 126 Å². The Bertz CT molecular complexity index is 2150. The lowest BCUT2D eigenvalue weighted by Crippen LogP contribution is -2.64. The Morgan fingerprint density at radius 1 is 0.928 bits per heavy atom. The number of piperidine rings is 1. The van der Waals surface area contributed by atoms with Gasteiger partial charge in [-0.15, -0.1) is 0 Å². The van der Waals surface area contributed by atoms with E-state index in [0.29, 0.717) is 38.5 Å². The lowest BCUT2D eigenvalue weighted by atomic mass is 9.80. The number of ketones is 2. The number of fused-ring (bicyclic) bond motifs is 4. The van der Waals surface area contributed by atoms with Gasteiger partial charge in [0.2, 0.25) is 5.79 Å². The maximum Gasteiger partial charge on any atom is 0.329 e. The number of rotatable bonds is 10. The summed E-state index contributed by atoms with van der Waals surface area (Å²) in [5.41, 5.74) is 4.07. The molecule has 3 fully saturated rings. The van der Waals surface area contributed by atoms with Gasteiger partial charge in [-0.2, -0.15) is 0 Å². The van der Waals surface area contributed by atoms with Crippen LogP contribution in [-0.4, -0.2) is 133 Å². The van der Waals surface area contributed by atoms with Crippen LogP contribution in [0.25, 0.3) is 10.9 Å². The van der Waals surface area contributed by atoms with Crippen LogP contribution >= 0.6 is 0 Å². The summed E-state index contributed by atoms with van der Waals surface area (Å²) in [5.74, 6) is -7.37. The van der Waals surface area contributed by atoms with Crippen LogP contribution in [0.2, 0.25) is 0 Å². The zero-order valence-corrected chi connectivity index (χ0v) is 43.4. The number of allylic oxidation sites excluding steroid dienone is 3. The number of esters is 1. The molecule has 1 aromatic carbocycles. The summed E-state index contributed by atoms with van der Waals surface area (Å²) < 4.78 is 33.1. The first-order valence-corrected chi connectivity index (χ1v) is 25.8. The van der Waals surface area contributed by atoms with Gasteiger partial charge in [-0.3, -0.25) is 14.4 Å². The van der Waals surface area contributed by atoms with Crippen molar-refractivity contribution in [1.82, 2.24) is 9.47 Å². The summed E-state index contributed by atoms with van der Waals surface area (Å²) in [7, 11) is 6.96. The summed E-state index contributed by atoms with van der Waals surface area (Å²) in [5, 5.41) is 25.3. The molecule has 14 atom stereocenters. The van der Waals surface area contributed by atoms with E-state index in [0.717, 1.165) is 42.6 Å². The highest BCUT2D eigenvalue weighted by molar-refractivity contribution is 6.39. The lowest BCUT2D eigenvalue weighted by Gasteiger charge is -2.47. The molecule has 1 saturated carbocycles. The Balaban J connectivity index is 1.30. The van der Waals surface area contributed by atoms with Crippen LogP contribution < -0.4 is 4.90 Å². The molecule has 4 heterocycles. The fourth-order valence-corrected chi connectivity index (χ4v) is 11.9. The van der Waals surface area contributed by atoms with Crippen molar-refractivity contribution in [3.63, 3.8) is 0 Å². The number of carbonyl (C=O) groups is 4. The second-order valence-electron chi connectivity index (χ2n) is 21.0. The van der Waals surface area contributed by atoms with Gasteiger partial charge in [-0.1, -0.05) is 52.3 Å². The summed E-state index contributed by atoms with van der Waals surface area (Å²) in [6.07, 6.45) is 8.60. The number of ether oxygens (including phenoxy) is 5. The maximum atomic E-state index is 14.6. The first kappa shape index (κ1) is 54.4. The number of hydrogen-bond acceptors (Lipinski definition) is 12. The monoisotopic (exact) mass is 962 g/mol. The van der Waals surface area contributed by atoms with Crippen molar-refractivity contribution in [2.75, 3.05) is 39.8 Å². The summed E-state index contributed by atoms with van der Waals surface area (Å²) in [6, 6.07) is 7.78. The molecule has 2 saturated heterocycles.